The number of carbonyl (C=O) groups excluding carboxylic acids is 2. The van der Waals surface area contributed by atoms with Gasteiger partial charge in [-0.2, -0.15) is 0 Å². The van der Waals surface area contributed by atoms with Gasteiger partial charge in [-0.15, -0.1) is 10.2 Å². The first-order valence-electron chi connectivity index (χ1n) is 10.7. The molecular formula is C26H23ClN4O2S. The maximum absolute atomic E-state index is 12.9. The summed E-state index contributed by atoms with van der Waals surface area (Å²) in [6.07, 6.45) is 0.597. The maximum Gasteiger partial charge on any atom is 0.237 e. The third-order valence-electron chi connectivity index (χ3n) is 5.20. The summed E-state index contributed by atoms with van der Waals surface area (Å²) >= 11 is 7.42. The van der Waals surface area contributed by atoms with Gasteiger partial charge in [0.1, 0.15) is 5.82 Å². The molecule has 172 valence electrons. The Morgan fingerprint density at radius 2 is 1.65 bits per heavy atom. The SMILES string of the molecule is CC(=O)c1ccc(NC(=O)C(C)Sc2nnc(Cc3ccccc3)n2-c2ccc(Cl)cc2)cc1. The fraction of sp³-hybridized carbons (Fsp3) is 0.154. The molecular weight excluding hydrogens is 468 g/mol. The van der Waals surface area contributed by atoms with Crippen LogP contribution in [0.4, 0.5) is 5.69 Å². The van der Waals surface area contributed by atoms with Gasteiger partial charge in [-0.05, 0) is 67.9 Å². The highest BCUT2D eigenvalue weighted by molar-refractivity contribution is 8.00. The topological polar surface area (TPSA) is 76.9 Å². The summed E-state index contributed by atoms with van der Waals surface area (Å²) in [5.74, 6) is 0.578. The molecule has 1 amide bonds. The number of halogens is 1. The van der Waals surface area contributed by atoms with E-state index in [1.807, 2.05) is 66.1 Å². The van der Waals surface area contributed by atoms with Crippen molar-refractivity contribution in [3.8, 4) is 5.69 Å². The second kappa shape index (κ2) is 10.7. The number of benzene rings is 3. The molecule has 0 aliphatic rings. The predicted octanol–water partition coefficient (Wildman–Crippen LogP) is 5.83. The number of carbonyl (C=O) groups is 2. The molecule has 0 fully saturated rings. The van der Waals surface area contributed by atoms with Gasteiger partial charge in [0.05, 0.1) is 5.25 Å². The van der Waals surface area contributed by atoms with E-state index in [9.17, 15) is 9.59 Å². The fourth-order valence-electron chi connectivity index (χ4n) is 3.36. The second-order valence-electron chi connectivity index (χ2n) is 7.76. The number of anilines is 1. The van der Waals surface area contributed by atoms with Crippen molar-refractivity contribution in [2.45, 2.75) is 30.7 Å². The summed E-state index contributed by atoms with van der Waals surface area (Å²) in [5.41, 5.74) is 3.21. The Kier molecular flexibility index (Phi) is 7.45. The number of amides is 1. The van der Waals surface area contributed by atoms with Crippen molar-refractivity contribution in [1.29, 1.82) is 0 Å². The van der Waals surface area contributed by atoms with Gasteiger partial charge in [0.2, 0.25) is 5.91 Å². The molecule has 1 atom stereocenters. The molecule has 0 radical (unpaired) electrons. The van der Waals surface area contributed by atoms with E-state index in [0.717, 1.165) is 17.1 Å². The highest BCUT2D eigenvalue weighted by Crippen LogP contribution is 2.28. The monoisotopic (exact) mass is 490 g/mol. The largest absolute Gasteiger partial charge is 0.325 e. The van der Waals surface area contributed by atoms with Crippen LogP contribution in [0.15, 0.2) is 84.0 Å². The third kappa shape index (κ3) is 5.73. The first-order chi connectivity index (χ1) is 16.4. The van der Waals surface area contributed by atoms with Crippen LogP contribution in [0.3, 0.4) is 0 Å². The Hall–Kier alpha value is -3.42. The van der Waals surface area contributed by atoms with Crippen molar-refractivity contribution >= 4 is 40.7 Å². The molecule has 34 heavy (non-hydrogen) atoms. The lowest BCUT2D eigenvalue weighted by atomic mass is 10.1. The fourth-order valence-corrected chi connectivity index (χ4v) is 4.38. The van der Waals surface area contributed by atoms with Gasteiger partial charge < -0.3 is 5.32 Å². The van der Waals surface area contributed by atoms with E-state index < -0.39 is 5.25 Å². The Labute approximate surface area is 207 Å². The van der Waals surface area contributed by atoms with E-state index in [1.54, 1.807) is 24.3 Å². The zero-order chi connectivity index (χ0) is 24.1. The van der Waals surface area contributed by atoms with Crippen LogP contribution in [0.25, 0.3) is 5.69 Å². The minimum atomic E-state index is -0.438. The molecule has 1 unspecified atom stereocenters. The first kappa shape index (κ1) is 23.7. The summed E-state index contributed by atoms with van der Waals surface area (Å²) in [7, 11) is 0. The molecule has 1 aromatic heterocycles. The summed E-state index contributed by atoms with van der Waals surface area (Å²) < 4.78 is 1.96. The average Bonchev–Trinajstić information content (AvgIpc) is 3.22. The van der Waals surface area contributed by atoms with Gasteiger partial charge in [0.25, 0.3) is 0 Å². The normalized spacial score (nSPS) is 11.7. The zero-order valence-corrected chi connectivity index (χ0v) is 20.3. The molecule has 3 aromatic carbocycles. The number of hydrogen-bond donors (Lipinski definition) is 1. The van der Waals surface area contributed by atoms with Crippen molar-refractivity contribution in [3.63, 3.8) is 0 Å². The van der Waals surface area contributed by atoms with Crippen LogP contribution in [0.5, 0.6) is 0 Å². The molecule has 0 saturated carbocycles. The van der Waals surface area contributed by atoms with Crippen molar-refractivity contribution in [2.24, 2.45) is 0 Å². The van der Waals surface area contributed by atoms with Gasteiger partial charge >= 0.3 is 0 Å². The Morgan fingerprint density at radius 1 is 0.971 bits per heavy atom. The number of hydrogen-bond acceptors (Lipinski definition) is 5. The molecule has 6 nitrogen and oxygen atoms in total. The quantitative estimate of drug-likeness (QED) is 0.248. The van der Waals surface area contributed by atoms with E-state index in [0.29, 0.717) is 27.9 Å². The number of rotatable bonds is 8. The maximum atomic E-state index is 12.9. The number of aromatic nitrogens is 3. The Balaban J connectivity index is 1.56. The van der Waals surface area contributed by atoms with Gasteiger partial charge in [-0.25, -0.2) is 0 Å². The van der Waals surface area contributed by atoms with Gasteiger partial charge in [0, 0.05) is 28.4 Å². The molecule has 0 aliphatic carbocycles. The molecule has 4 aromatic rings. The number of Topliss-reactive ketones (excluding diaryl/α,β-unsaturated/α-hetero) is 1. The highest BCUT2D eigenvalue weighted by Gasteiger charge is 2.21. The molecule has 0 bridgehead atoms. The predicted molar refractivity (Wildman–Crippen MR) is 136 cm³/mol. The van der Waals surface area contributed by atoms with Crippen LogP contribution < -0.4 is 5.32 Å². The van der Waals surface area contributed by atoms with E-state index >= 15 is 0 Å². The summed E-state index contributed by atoms with van der Waals surface area (Å²) in [5, 5.41) is 12.5. The Morgan fingerprint density at radius 3 is 2.29 bits per heavy atom. The van der Waals surface area contributed by atoms with E-state index in [1.165, 1.54) is 18.7 Å². The van der Waals surface area contributed by atoms with Gasteiger partial charge in [0.15, 0.2) is 10.9 Å². The van der Waals surface area contributed by atoms with E-state index in [4.69, 9.17) is 11.6 Å². The number of nitrogens with zero attached hydrogens (tertiary/aromatic N) is 3. The lowest BCUT2D eigenvalue weighted by Gasteiger charge is -2.14. The molecule has 8 heteroatoms. The molecule has 0 spiro atoms. The zero-order valence-electron chi connectivity index (χ0n) is 18.7. The molecule has 1 heterocycles. The summed E-state index contributed by atoms with van der Waals surface area (Å²) in [6, 6.07) is 24.3. The lowest BCUT2D eigenvalue weighted by Crippen LogP contribution is -2.23. The molecule has 4 rings (SSSR count). The van der Waals surface area contributed by atoms with E-state index in [-0.39, 0.29) is 11.7 Å². The van der Waals surface area contributed by atoms with Crippen molar-refractivity contribution < 1.29 is 9.59 Å². The van der Waals surface area contributed by atoms with Crippen LogP contribution in [0.1, 0.15) is 35.6 Å². The van der Waals surface area contributed by atoms with Gasteiger partial charge in [-0.1, -0.05) is 53.7 Å². The smallest absolute Gasteiger partial charge is 0.237 e. The van der Waals surface area contributed by atoms with E-state index in [2.05, 4.69) is 15.5 Å². The molecule has 0 aliphatic heterocycles. The summed E-state index contributed by atoms with van der Waals surface area (Å²) in [6.45, 7) is 3.33. The van der Waals surface area contributed by atoms with Crippen LogP contribution in [0, 0.1) is 0 Å². The second-order valence-corrected chi connectivity index (χ2v) is 9.50. The first-order valence-corrected chi connectivity index (χ1v) is 12.0. The molecule has 0 saturated heterocycles. The lowest BCUT2D eigenvalue weighted by molar-refractivity contribution is -0.115. The average molecular weight is 491 g/mol. The summed E-state index contributed by atoms with van der Waals surface area (Å²) in [4.78, 5) is 24.3. The van der Waals surface area contributed by atoms with Crippen molar-refractivity contribution in [2.75, 3.05) is 5.32 Å². The highest BCUT2D eigenvalue weighted by atomic mass is 35.5. The third-order valence-corrected chi connectivity index (χ3v) is 6.50. The standard InChI is InChI=1S/C26H23ClN4O2S/c1-17(32)20-8-12-22(13-9-20)28-25(33)18(2)34-26-30-29-24(16-19-6-4-3-5-7-19)31(26)23-14-10-21(27)11-15-23/h3-15,18H,16H2,1-2H3,(H,28,33). The van der Waals surface area contributed by atoms with Crippen LogP contribution in [-0.2, 0) is 11.2 Å². The minimum absolute atomic E-state index is 0.0188. The van der Waals surface area contributed by atoms with Crippen LogP contribution in [-0.4, -0.2) is 31.7 Å². The van der Waals surface area contributed by atoms with Crippen LogP contribution >= 0.6 is 23.4 Å². The van der Waals surface area contributed by atoms with Crippen molar-refractivity contribution in [3.05, 3.63) is 101 Å². The molecule has 1 N–H and O–H groups in total. The van der Waals surface area contributed by atoms with Crippen molar-refractivity contribution in [1.82, 2.24) is 14.8 Å². The number of ketones is 1. The van der Waals surface area contributed by atoms with Crippen LogP contribution in [0.2, 0.25) is 5.02 Å². The minimum Gasteiger partial charge on any atom is -0.325 e. The number of nitrogens with one attached hydrogen (secondary N) is 1. The number of thioether (sulfide) groups is 1. The van der Waals surface area contributed by atoms with Gasteiger partial charge in [-0.3, -0.25) is 14.2 Å². The Bertz CT molecular complexity index is 1290.